The van der Waals surface area contributed by atoms with E-state index in [0.717, 1.165) is 112 Å². The number of amides is 2. The van der Waals surface area contributed by atoms with Gasteiger partial charge in [-0.1, -0.05) is 48.9 Å². The van der Waals surface area contributed by atoms with Crippen LogP contribution in [0, 0.1) is 0 Å². The van der Waals surface area contributed by atoms with E-state index in [0.29, 0.717) is 66.3 Å². The second-order valence-electron chi connectivity index (χ2n) is 22.3. The van der Waals surface area contributed by atoms with Crippen LogP contribution >= 0.6 is 39.1 Å². The third-order valence-electron chi connectivity index (χ3n) is 14.5. The normalized spacial score (nSPS) is 16.6. The fourth-order valence-corrected chi connectivity index (χ4v) is 11.6. The van der Waals surface area contributed by atoms with Crippen molar-refractivity contribution in [2.45, 2.75) is 116 Å². The Morgan fingerprint density at radius 1 is 0.570 bits per heavy atom. The van der Waals surface area contributed by atoms with Crippen molar-refractivity contribution in [3.63, 3.8) is 0 Å². The number of fused-ring (bicyclic) bond motifs is 6. The summed E-state index contributed by atoms with van der Waals surface area (Å²) in [7, 11) is 0. The quantitative estimate of drug-likeness (QED) is 0.148. The van der Waals surface area contributed by atoms with Gasteiger partial charge >= 0.3 is 12.2 Å². The number of ether oxygens (including phenoxy) is 2. The van der Waals surface area contributed by atoms with Crippen LogP contribution in [0.4, 0.5) is 38.7 Å². The first-order valence-electron chi connectivity index (χ1n) is 27.1. The lowest BCUT2D eigenvalue weighted by Gasteiger charge is -2.36. The summed E-state index contributed by atoms with van der Waals surface area (Å²) in [5, 5.41) is 8.32. The van der Waals surface area contributed by atoms with Crippen LogP contribution in [-0.4, -0.2) is 135 Å². The SMILES string of the molecule is CC(C)(C)OC(=O)N1CCN(c2ccc(Br)nc2)CC1.CC(C)(C)OC(=O)N1CCN(c2ccc(Nc3ncc4c5ccnc(Cl)c5n(C5CCCC5)c4n3)nc2)CC1.Nc1ncc2c3ccnc(Cl)c3n(C3CCCC3)c2n1. The van der Waals surface area contributed by atoms with Gasteiger partial charge in [-0.25, -0.2) is 39.5 Å². The van der Waals surface area contributed by atoms with Crippen LogP contribution in [-0.2, 0) is 9.47 Å². The minimum Gasteiger partial charge on any atom is -0.444 e. The maximum absolute atomic E-state index is 12.4. The Morgan fingerprint density at radius 2 is 1.03 bits per heavy atom. The first kappa shape index (κ1) is 55.5. The number of carbonyl (C=O) groups is 2. The molecule has 2 saturated heterocycles. The number of rotatable bonds is 6. The Morgan fingerprint density at radius 3 is 1.47 bits per heavy atom. The first-order chi connectivity index (χ1) is 37.9. The predicted octanol–water partition coefficient (Wildman–Crippen LogP) is 12.2. The number of carbonyl (C=O) groups excluding carboxylic acids is 2. The molecule has 2 amide bonds. The van der Waals surface area contributed by atoms with Crippen LogP contribution in [0.5, 0.6) is 0 Å². The van der Waals surface area contributed by atoms with E-state index in [-0.39, 0.29) is 12.2 Å². The van der Waals surface area contributed by atoms with E-state index in [1.165, 1.54) is 25.7 Å². The number of hydrogen-bond acceptors (Lipinski definition) is 16. The van der Waals surface area contributed by atoms with E-state index in [2.05, 4.69) is 75.1 Å². The maximum atomic E-state index is 12.4. The zero-order valence-corrected chi connectivity index (χ0v) is 48.6. The van der Waals surface area contributed by atoms with E-state index < -0.39 is 11.2 Å². The minimum absolute atomic E-state index is 0.230. The Balaban J connectivity index is 0.000000148. The third-order valence-corrected chi connectivity index (χ3v) is 15.5. The molecule has 4 aliphatic rings. The van der Waals surface area contributed by atoms with E-state index >= 15 is 0 Å². The van der Waals surface area contributed by atoms with Gasteiger partial charge in [-0.3, -0.25) is 0 Å². The molecule has 20 nitrogen and oxygen atoms in total. The van der Waals surface area contributed by atoms with Crippen molar-refractivity contribution in [2.75, 3.05) is 73.2 Å². The zero-order valence-electron chi connectivity index (χ0n) is 45.5. The van der Waals surface area contributed by atoms with Gasteiger partial charge in [0.05, 0.1) is 34.8 Å². The molecule has 3 N–H and O–H groups in total. The maximum Gasteiger partial charge on any atom is 0.410 e. The smallest absolute Gasteiger partial charge is 0.410 e. The standard InChI is InChI=1S/C28H33ClN8O2.C14H20BrN3O2.C14H14ClN5/c1-28(2,3)39-27(38)36-14-12-35(13-15-36)19-8-9-22(31-16-19)33-26-32-17-21-20-10-11-30-24(29)23(20)37(25(21)34-26)18-6-4-5-7-18;1-14(2,3)20-13(19)18-8-6-17(7-9-18)11-4-5-12(15)16-10-11;15-12-11-9(5-6-17-12)10-7-18-14(16)19-13(10)20(11)8-3-1-2-4-8/h8-11,16-18H,4-7,12-15H2,1-3H3,(H,31,32,33,34);4-5,10H,6-9H2,1-3H3;5-8H,1-4H2,(H2,16,18,19). The van der Waals surface area contributed by atoms with Gasteiger partial charge in [0.2, 0.25) is 11.9 Å². The van der Waals surface area contributed by atoms with Crippen molar-refractivity contribution in [1.82, 2.24) is 58.8 Å². The molecule has 4 fully saturated rings. The molecule has 0 bridgehead atoms. The summed E-state index contributed by atoms with van der Waals surface area (Å²) in [5.41, 5.74) is 10.5. The highest BCUT2D eigenvalue weighted by Gasteiger charge is 2.30. The molecule has 2 aliphatic heterocycles. The number of hydrogen-bond donors (Lipinski definition) is 2. The summed E-state index contributed by atoms with van der Waals surface area (Å²) >= 11 is 16.2. The lowest BCUT2D eigenvalue weighted by molar-refractivity contribution is 0.0230. The van der Waals surface area contributed by atoms with Gasteiger partial charge in [0.15, 0.2) is 10.3 Å². The monoisotopic (exact) mass is 1180 g/mol. The molecule has 0 atom stereocenters. The Bertz CT molecular complexity index is 3450. The molecule has 0 aromatic carbocycles. The largest absolute Gasteiger partial charge is 0.444 e. The molecule has 0 unspecified atom stereocenters. The molecular weight excluding hydrogens is 1110 g/mol. The minimum atomic E-state index is -0.494. The van der Waals surface area contributed by atoms with Crippen LogP contribution in [0.2, 0.25) is 10.3 Å². The van der Waals surface area contributed by atoms with Crippen molar-refractivity contribution in [3.05, 3.63) is 88.5 Å². The zero-order chi connectivity index (χ0) is 55.6. The fraction of sp³-hybridized carbons (Fsp3) is 0.464. The van der Waals surface area contributed by atoms with Gasteiger partial charge < -0.3 is 49.3 Å². The average molecular weight is 1180 g/mol. The molecular formula is C56H67BrCl2N16O4. The van der Waals surface area contributed by atoms with E-state index in [4.69, 9.17) is 43.4 Å². The Kier molecular flexibility index (Phi) is 16.5. The lowest BCUT2D eigenvalue weighted by Crippen LogP contribution is -2.50. The van der Waals surface area contributed by atoms with E-state index in [1.807, 2.05) is 96.5 Å². The summed E-state index contributed by atoms with van der Waals surface area (Å²) < 4.78 is 16.2. The van der Waals surface area contributed by atoms with Crippen molar-refractivity contribution >= 4 is 124 Å². The van der Waals surface area contributed by atoms with Crippen molar-refractivity contribution in [1.29, 1.82) is 0 Å². The number of nitrogens with zero attached hydrogens (tertiary/aromatic N) is 14. The van der Waals surface area contributed by atoms with Gasteiger partial charge in [-0.05, 0) is 120 Å². The third kappa shape index (κ3) is 12.8. The Hall–Kier alpha value is -6.84. The second kappa shape index (κ2) is 23.5. The second-order valence-corrected chi connectivity index (χ2v) is 23.8. The first-order valence-corrected chi connectivity index (χ1v) is 28.6. The molecule has 0 spiro atoms. The van der Waals surface area contributed by atoms with Crippen molar-refractivity contribution in [2.24, 2.45) is 0 Å². The Labute approximate surface area is 477 Å². The molecule has 79 heavy (non-hydrogen) atoms. The number of aromatic nitrogens is 10. The highest BCUT2D eigenvalue weighted by atomic mass is 79.9. The van der Waals surface area contributed by atoms with Gasteiger partial charge in [0.25, 0.3) is 0 Å². The number of piperazine rings is 2. The fourth-order valence-electron chi connectivity index (χ4n) is 10.8. The molecule has 10 heterocycles. The van der Waals surface area contributed by atoms with Gasteiger partial charge in [-0.15, -0.1) is 0 Å². The predicted molar refractivity (Wildman–Crippen MR) is 315 cm³/mol. The highest BCUT2D eigenvalue weighted by Crippen LogP contribution is 2.41. The molecule has 0 radical (unpaired) electrons. The molecule has 8 aromatic rings. The highest BCUT2D eigenvalue weighted by molar-refractivity contribution is 9.10. The average Bonchev–Trinajstić information content (AvgIpc) is 4.39. The van der Waals surface area contributed by atoms with E-state index in [9.17, 15) is 9.59 Å². The summed E-state index contributed by atoms with van der Waals surface area (Å²) in [6.07, 6.45) is 19.7. The number of pyridine rings is 4. The number of anilines is 5. The van der Waals surface area contributed by atoms with Crippen LogP contribution in [0.1, 0.15) is 105 Å². The van der Waals surface area contributed by atoms with Crippen LogP contribution < -0.4 is 20.9 Å². The number of halogens is 3. The molecule has 12 rings (SSSR count). The lowest BCUT2D eigenvalue weighted by atomic mass is 10.2. The molecule has 23 heteroatoms. The van der Waals surface area contributed by atoms with Gasteiger partial charge in [-0.2, -0.15) is 9.97 Å². The topological polar surface area (TPSA) is 217 Å². The van der Waals surface area contributed by atoms with Gasteiger partial charge in [0.1, 0.15) is 32.9 Å². The van der Waals surface area contributed by atoms with Crippen LogP contribution in [0.3, 0.4) is 0 Å². The van der Waals surface area contributed by atoms with Crippen molar-refractivity contribution < 1.29 is 19.1 Å². The summed E-state index contributed by atoms with van der Waals surface area (Å²) in [4.78, 5) is 67.7. The summed E-state index contributed by atoms with van der Waals surface area (Å²) in [6, 6.07) is 12.6. The molecule has 8 aromatic heterocycles. The summed E-state index contributed by atoms with van der Waals surface area (Å²) in [5.74, 6) is 1.44. The molecule has 2 aliphatic carbocycles. The number of nitrogens with one attached hydrogen (secondary N) is 1. The summed E-state index contributed by atoms with van der Waals surface area (Å²) in [6.45, 7) is 16.9. The van der Waals surface area contributed by atoms with Crippen LogP contribution in [0.15, 0.2) is 78.2 Å². The van der Waals surface area contributed by atoms with Gasteiger partial charge in [0, 0.05) is 111 Å². The van der Waals surface area contributed by atoms with Crippen LogP contribution in [0.25, 0.3) is 43.9 Å². The number of nitrogen functional groups attached to an aromatic ring is 1. The molecule has 2 saturated carbocycles. The van der Waals surface area contributed by atoms with E-state index in [1.54, 1.807) is 28.4 Å². The van der Waals surface area contributed by atoms with Crippen molar-refractivity contribution in [3.8, 4) is 0 Å². The number of nitrogens with two attached hydrogens (primary N) is 1. The molecule has 416 valence electrons.